The van der Waals surface area contributed by atoms with E-state index in [2.05, 4.69) is 17.1 Å². The minimum absolute atomic E-state index is 0.107. The molecule has 0 amide bonds. The number of hydrogen-bond acceptors (Lipinski definition) is 5. The van der Waals surface area contributed by atoms with E-state index in [1.54, 1.807) is 36.7 Å². The number of hydrogen-bond donors (Lipinski definition) is 0. The van der Waals surface area contributed by atoms with Gasteiger partial charge in [-0.05, 0) is 29.3 Å². The van der Waals surface area contributed by atoms with Crippen molar-refractivity contribution >= 4 is 17.5 Å². The van der Waals surface area contributed by atoms with Crippen molar-refractivity contribution < 1.29 is 4.79 Å². The van der Waals surface area contributed by atoms with Crippen molar-refractivity contribution in [1.82, 2.24) is 4.98 Å². The Morgan fingerprint density at radius 3 is 2.32 bits per heavy atom. The first-order valence-corrected chi connectivity index (χ1v) is 10.1. The van der Waals surface area contributed by atoms with E-state index in [4.69, 9.17) is 0 Å². The molecule has 3 atom stereocenters. The summed E-state index contributed by atoms with van der Waals surface area (Å²) in [6.45, 7) is 0. The van der Waals surface area contributed by atoms with Crippen molar-refractivity contribution in [2.75, 3.05) is 4.90 Å². The Labute approximate surface area is 180 Å². The lowest BCUT2D eigenvalue weighted by molar-refractivity contribution is 0.0951. The Balaban J connectivity index is 1.79. The first-order chi connectivity index (χ1) is 15.2. The van der Waals surface area contributed by atoms with Crippen LogP contribution in [0.5, 0.6) is 0 Å². The zero-order chi connectivity index (χ0) is 21.4. The van der Waals surface area contributed by atoms with E-state index >= 15 is 0 Å². The number of carbonyl (C=O) groups is 1. The fraction of sp³-hybridized carbons (Fsp3) is 0.154. The van der Waals surface area contributed by atoms with E-state index in [1.807, 2.05) is 59.5 Å². The second-order valence-corrected chi connectivity index (χ2v) is 7.80. The van der Waals surface area contributed by atoms with Gasteiger partial charge < -0.3 is 4.90 Å². The molecule has 5 rings (SSSR count). The monoisotopic (exact) mass is 402 g/mol. The Morgan fingerprint density at radius 1 is 0.935 bits per heavy atom. The predicted octanol–water partition coefficient (Wildman–Crippen LogP) is 4.37. The zero-order valence-electron chi connectivity index (χ0n) is 16.6. The Bertz CT molecular complexity index is 1240. The molecule has 5 heteroatoms. The Hall–Kier alpha value is -4.22. The summed E-state index contributed by atoms with van der Waals surface area (Å²) in [6.07, 6.45) is 7.11. The molecule has 1 aromatic heterocycles. The lowest BCUT2D eigenvalue weighted by Crippen LogP contribution is -2.44. The molecule has 3 aromatic rings. The van der Waals surface area contributed by atoms with Crippen LogP contribution in [0.2, 0.25) is 0 Å². The van der Waals surface area contributed by atoms with E-state index in [0.717, 1.165) is 16.8 Å². The molecule has 1 saturated heterocycles. The number of fused-ring (bicyclic) bond motifs is 3. The molecule has 1 fully saturated rings. The van der Waals surface area contributed by atoms with Gasteiger partial charge in [-0.15, -0.1) is 0 Å². The molecule has 31 heavy (non-hydrogen) atoms. The van der Waals surface area contributed by atoms with Gasteiger partial charge in [-0.1, -0.05) is 60.7 Å². The number of rotatable bonds is 3. The molecule has 0 N–H and O–H groups in total. The van der Waals surface area contributed by atoms with Gasteiger partial charge in [0.2, 0.25) is 0 Å². The first-order valence-electron chi connectivity index (χ1n) is 10.1. The topological polar surface area (TPSA) is 80.8 Å². The Kier molecular flexibility index (Phi) is 4.38. The van der Waals surface area contributed by atoms with Gasteiger partial charge in [-0.2, -0.15) is 10.5 Å². The number of Topliss-reactive ketones (excluding diaryl/α,β-unsaturated/α-hetero) is 1. The number of anilines is 1. The highest BCUT2D eigenvalue weighted by Gasteiger charge is 2.63. The molecule has 3 heterocycles. The average molecular weight is 402 g/mol. The largest absolute Gasteiger partial charge is 0.351 e. The number of pyridine rings is 1. The van der Waals surface area contributed by atoms with Crippen LogP contribution >= 0.6 is 0 Å². The van der Waals surface area contributed by atoms with Crippen LogP contribution in [0.4, 0.5) is 5.69 Å². The fourth-order valence-electron chi connectivity index (χ4n) is 4.95. The maximum Gasteiger partial charge on any atom is 0.185 e. The van der Waals surface area contributed by atoms with Crippen molar-refractivity contribution in [2.45, 2.75) is 18.0 Å². The summed E-state index contributed by atoms with van der Waals surface area (Å²) >= 11 is 0. The molecular weight excluding hydrogens is 384 g/mol. The summed E-state index contributed by atoms with van der Waals surface area (Å²) in [4.78, 5) is 20.0. The number of ketones is 1. The van der Waals surface area contributed by atoms with Crippen LogP contribution in [0.1, 0.15) is 27.4 Å². The van der Waals surface area contributed by atoms with Crippen molar-refractivity contribution in [3.05, 3.63) is 102 Å². The van der Waals surface area contributed by atoms with Crippen LogP contribution in [0.15, 0.2) is 85.2 Å². The lowest BCUT2D eigenvalue weighted by atomic mass is 9.69. The highest BCUT2D eigenvalue weighted by molar-refractivity contribution is 6.04. The summed E-state index contributed by atoms with van der Waals surface area (Å²) in [5, 5.41) is 20.7. The van der Waals surface area contributed by atoms with E-state index in [-0.39, 0.29) is 5.78 Å². The molecule has 2 aliphatic heterocycles. The van der Waals surface area contributed by atoms with E-state index in [9.17, 15) is 15.3 Å². The zero-order valence-corrected chi connectivity index (χ0v) is 16.6. The highest BCUT2D eigenvalue weighted by atomic mass is 16.1. The van der Waals surface area contributed by atoms with Crippen molar-refractivity contribution in [3.63, 3.8) is 0 Å². The summed E-state index contributed by atoms with van der Waals surface area (Å²) in [7, 11) is 0. The summed E-state index contributed by atoms with van der Waals surface area (Å²) in [5.41, 5.74) is 1.71. The Morgan fingerprint density at radius 2 is 1.61 bits per heavy atom. The minimum Gasteiger partial charge on any atom is -0.351 e. The number of carbonyl (C=O) groups excluding carboxylic acids is 1. The second kappa shape index (κ2) is 7.23. The van der Waals surface area contributed by atoms with Crippen molar-refractivity contribution in [1.29, 1.82) is 10.5 Å². The second-order valence-electron chi connectivity index (χ2n) is 7.80. The quantitative estimate of drug-likeness (QED) is 0.608. The van der Waals surface area contributed by atoms with Gasteiger partial charge in [-0.3, -0.25) is 9.78 Å². The van der Waals surface area contributed by atoms with Crippen LogP contribution in [0.25, 0.3) is 6.08 Å². The molecule has 0 spiro atoms. The molecular formula is C26H18N4O. The SMILES string of the molecule is N#CC1(C#N)[C@H](c2ccncc2)[C@@H](C(=O)c2ccccc2)N2c3ccccc3C=C[C@@H]21. The summed E-state index contributed by atoms with van der Waals surface area (Å²) in [5.74, 6) is -0.746. The third-order valence-electron chi connectivity index (χ3n) is 6.31. The van der Waals surface area contributed by atoms with Crippen molar-refractivity contribution in [3.8, 4) is 12.1 Å². The normalized spacial score (nSPS) is 22.6. The van der Waals surface area contributed by atoms with Gasteiger partial charge in [0.15, 0.2) is 11.2 Å². The molecule has 0 aliphatic carbocycles. The predicted molar refractivity (Wildman–Crippen MR) is 117 cm³/mol. The molecule has 5 nitrogen and oxygen atoms in total. The molecule has 148 valence electrons. The average Bonchev–Trinajstić information content (AvgIpc) is 3.15. The van der Waals surface area contributed by atoms with E-state index in [0.29, 0.717) is 5.56 Å². The van der Waals surface area contributed by atoms with Crippen LogP contribution in [0, 0.1) is 28.1 Å². The summed E-state index contributed by atoms with van der Waals surface area (Å²) in [6, 6.07) is 23.8. The fourth-order valence-corrected chi connectivity index (χ4v) is 4.95. The smallest absolute Gasteiger partial charge is 0.185 e. The first kappa shape index (κ1) is 18.8. The van der Waals surface area contributed by atoms with Gasteiger partial charge in [0.25, 0.3) is 0 Å². The van der Waals surface area contributed by atoms with Gasteiger partial charge >= 0.3 is 0 Å². The minimum atomic E-state index is -1.43. The third kappa shape index (κ3) is 2.68. The lowest BCUT2D eigenvalue weighted by Gasteiger charge is -2.35. The van der Waals surface area contributed by atoms with Gasteiger partial charge in [-0.25, -0.2) is 0 Å². The number of para-hydroxylation sites is 1. The van der Waals surface area contributed by atoms with Crippen LogP contribution in [0.3, 0.4) is 0 Å². The van der Waals surface area contributed by atoms with Crippen LogP contribution < -0.4 is 4.90 Å². The summed E-state index contributed by atoms with van der Waals surface area (Å²) < 4.78 is 0. The number of aromatic nitrogens is 1. The number of nitrogens with zero attached hydrogens (tertiary/aromatic N) is 4. The van der Waals surface area contributed by atoms with Gasteiger partial charge in [0.1, 0.15) is 6.04 Å². The molecule has 0 bridgehead atoms. The van der Waals surface area contributed by atoms with Crippen molar-refractivity contribution in [2.24, 2.45) is 5.41 Å². The van der Waals surface area contributed by atoms with E-state index < -0.39 is 23.4 Å². The van der Waals surface area contributed by atoms with Gasteiger partial charge in [0, 0.05) is 29.6 Å². The molecule has 0 unspecified atom stereocenters. The van der Waals surface area contributed by atoms with Crippen LogP contribution in [-0.2, 0) is 0 Å². The maximum atomic E-state index is 13.9. The molecule has 2 aliphatic rings. The van der Waals surface area contributed by atoms with E-state index in [1.165, 1.54) is 0 Å². The van der Waals surface area contributed by atoms with Crippen LogP contribution in [-0.4, -0.2) is 22.9 Å². The molecule has 0 radical (unpaired) electrons. The number of nitriles is 2. The highest BCUT2D eigenvalue weighted by Crippen LogP contribution is 2.55. The standard InChI is InChI=1S/C26H18N4O/c27-16-26(17-28)22-11-10-18-6-4-5-9-21(18)30(22)24(23(26)19-12-14-29-15-13-19)25(31)20-7-2-1-3-8-20/h1-15,22-24H/t22-,23-,24+/m1/s1. The maximum absolute atomic E-state index is 13.9. The molecule has 2 aromatic carbocycles. The number of benzene rings is 2. The third-order valence-corrected chi connectivity index (χ3v) is 6.31. The van der Waals surface area contributed by atoms with Gasteiger partial charge in [0.05, 0.1) is 18.2 Å². The molecule has 0 saturated carbocycles.